The van der Waals surface area contributed by atoms with Crippen LogP contribution in [0.3, 0.4) is 0 Å². The summed E-state index contributed by atoms with van der Waals surface area (Å²) in [6.07, 6.45) is 3.37. The van der Waals surface area contributed by atoms with Crippen molar-refractivity contribution < 1.29 is 4.57 Å². The summed E-state index contributed by atoms with van der Waals surface area (Å²) in [6.45, 7) is 8.77. The predicted molar refractivity (Wildman–Crippen MR) is 51.1 cm³/mol. The van der Waals surface area contributed by atoms with Crippen LogP contribution in [0.25, 0.3) is 0 Å². The molecule has 0 fully saturated rings. The Morgan fingerprint density at radius 3 is 2.50 bits per heavy atom. The van der Waals surface area contributed by atoms with Gasteiger partial charge in [-0.1, -0.05) is 6.92 Å². The fourth-order valence-corrected chi connectivity index (χ4v) is 1.40. The highest BCUT2D eigenvalue weighted by Crippen LogP contribution is 2.02. The van der Waals surface area contributed by atoms with Crippen LogP contribution in [0.1, 0.15) is 38.1 Å². The van der Waals surface area contributed by atoms with Gasteiger partial charge in [-0.25, -0.2) is 4.57 Å². The second-order valence-corrected chi connectivity index (χ2v) is 3.53. The minimum Gasteiger partial charge on any atom is -0.200 e. The van der Waals surface area contributed by atoms with Crippen LogP contribution >= 0.6 is 0 Å². The van der Waals surface area contributed by atoms with Gasteiger partial charge < -0.3 is 0 Å². The van der Waals surface area contributed by atoms with Gasteiger partial charge in [0, 0.05) is 18.6 Å². The first-order valence-electron chi connectivity index (χ1n) is 4.65. The van der Waals surface area contributed by atoms with Gasteiger partial charge in [0.1, 0.15) is 0 Å². The number of hydrogen-bond acceptors (Lipinski definition) is 0. The van der Waals surface area contributed by atoms with Gasteiger partial charge in [0.25, 0.3) is 0 Å². The van der Waals surface area contributed by atoms with Crippen LogP contribution in [-0.4, -0.2) is 0 Å². The Labute approximate surface area is 75.1 Å². The molecule has 1 aromatic heterocycles. The molecular formula is C11H18N+. The summed E-state index contributed by atoms with van der Waals surface area (Å²) in [6, 6.07) is 4.96. The van der Waals surface area contributed by atoms with E-state index < -0.39 is 0 Å². The molecule has 0 aliphatic carbocycles. The second-order valence-electron chi connectivity index (χ2n) is 3.53. The first kappa shape index (κ1) is 9.24. The lowest BCUT2D eigenvalue weighted by atomic mass is 10.2. The molecule has 0 radical (unpaired) electrons. The summed E-state index contributed by atoms with van der Waals surface area (Å²) >= 11 is 0. The first-order chi connectivity index (χ1) is 5.65. The van der Waals surface area contributed by atoms with Crippen molar-refractivity contribution in [1.82, 2.24) is 0 Å². The van der Waals surface area contributed by atoms with Crippen molar-refractivity contribution >= 4 is 0 Å². The van der Waals surface area contributed by atoms with E-state index >= 15 is 0 Å². The van der Waals surface area contributed by atoms with Crippen molar-refractivity contribution in [3.8, 4) is 0 Å². The van der Waals surface area contributed by atoms with E-state index in [-0.39, 0.29) is 0 Å². The van der Waals surface area contributed by atoms with E-state index in [4.69, 9.17) is 0 Å². The maximum absolute atomic E-state index is 2.32. The lowest BCUT2D eigenvalue weighted by Gasteiger charge is -2.04. The van der Waals surface area contributed by atoms with Crippen molar-refractivity contribution in [3.05, 3.63) is 29.6 Å². The summed E-state index contributed by atoms with van der Waals surface area (Å²) in [5, 5.41) is 0. The maximum atomic E-state index is 2.32. The minimum atomic E-state index is 0.566. The van der Waals surface area contributed by atoms with E-state index in [2.05, 4.69) is 50.6 Å². The quantitative estimate of drug-likeness (QED) is 0.591. The zero-order valence-electron chi connectivity index (χ0n) is 8.46. The fourth-order valence-electron chi connectivity index (χ4n) is 1.40. The lowest BCUT2D eigenvalue weighted by molar-refractivity contribution is -0.722. The molecule has 1 aromatic rings. The van der Waals surface area contributed by atoms with Gasteiger partial charge in [-0.15, -0.1) is 0 Å². The Kier molecular flexibility index (Phi) is 2.85. The average molecular weight is 164 g/mol. The van der Waals surface area contributed by atoms with Gasteiger partial charge in [-0.2, -0.15) is 0 Å². The molecule has 0 bridgehead atoms. The highest BCUT2D eigenvalue weighted by molar-refractivity contribution is 5.08. The SMILES string of the molecule is CCc1ccc(C)[n+](C(C)C)c1. The molecule has 0 aliphatic rings. The van der Waals surface area contributed by atoms with Crippen molar-refractivity contribution in [3.63, 3.8) is 0 Å². The van der Waals surface area contributed by atoms with Gasteiger partial charge in [0.15, 0.2) is 17.9 Å². The number of rotatable bonds is 2. The van der Waals surface area contributed by atoms with E-state index in [9.17, 15) is 0 Å². The van der Waals surface area contributed by atoms with Crippen LogP contribution in [0.15, 0.2) is 18.3 Å². The van der Waals surface area contributed by atoms with Gasteiger partial charge >= 0.3 is 0 Å². The lowest BCUT2D eigenvalue weighted by Crippen LogP contribution is -2.39. The molecule has 0 amide bonds. The molecule has 0 saturated heterocycles. The van der Waals surface area contributed by atoms with Crippen LogP contribution in [-0.2, 0) is 6.42 Å². The molecule has 1 nitrogen and oxygen atoms in total. The monoisotopic (exact) mass is 164 g/mol. The summed E-state index contributed by atoms with van der Waals surface area (Å²) < 4.78 is 2.32. The summed E-state index contributed by atoms with van der Waals surface area (Å²) in [7, 11) is 0. The van der Waals surface area contributed by atoms with Crippen LogP contribution in [0, 0.1) is 6.92 Å². The molecular weight excluding hydrogens is 146 g/mol. The van der Waals surface area contributed by atoms with E-state index in [1.807, 2.05) is 0 Å². The van der Waals surface area contributed by atoms with Crippen molar-refractivity contribution in [2.24, 2.45) is 0 Å². The molecule has 0 saturated carbocycles. The number of aryl methyl sites for hydroxylation is 2. The number of pyridine rings is 1. The molecule has 1 heterocycles. The van der Waals surface area contributed by atoms with E-state index in [1.165, 1.54) is 11.3 Å². The van der Waals surface area contributed by atoms with E-state index in [1.54, 1.807) is 0 Å². The molecule has 1 heteroatoms. The Balaban J connectivity index is 3.08. The molecule has 0 N–H and O–H groups in total. The topological polar surface area (TPSA) is 3.88 Å². The maximum Gasteiger partial charge on any atom is 0.178 e. The number of aromatic nitrogens is 1. The summed E-state index contributed by atoms with van der Waals surface area (Å²) in [5.41, 5.74) is 2.75. The van der Waals surface area contributed by atoms with E-state index in [0.29, 0.717) is 6.04 Å². The van der Waals surface area contributed by atoms with Crippen LogP contribution in [0.5, 0.6) is 0 Å². The van der Waals surface area contributed by atoms with Gasteiger partial charge in [0.2, 0.25) is 0 Å². The molecule has 0 aromatic carbocycles. The fraction of sp³-hybridized carbons (Fsp3) is 0.545. The molecule has 66 valence electrons. The molecule has 0 aliphatic heterocycles. The Bertz CT molecular complexity index is 264. The van der Waals surface area contributed by atoms with Crippen LogP contribution in [0.4, 0.5) is 0 Å². The van der Waals surface area contributed by atoms with Gasteiger partial charge in [-0.05, 0) is 26.3 Å². The molecule has 0 atom stereocenters. The van der Waals surface area contributed by atoms with Gasteiger partial charge in [0.05, 0.1) is 0 Å². The molecule has 0 spiro atoms. The van der Waals surface area contributed by atoms with Crippen LogP contribution < -0.4 is 4.57 Å². The van der Waals surface area contributed by atoms with Crippen LogP contribution in [0.2, 0.25) is 0 Å². The smallest absolute Gasteiger partial charge is 0.178 e. The number of nitrogens with zero attached hydrogens (tertiary/aromatic N) is 1. The third kappa shape index (κ3) is 1.84. The standard InChI is InChI=1S/C11H18N/c1-5-11-7-6-10(4)12(8-11)9(2)3/h6-9H,5H2,1-4H3/q+1. The Morgan fingerprint density at radius 2 is 2.00 bits per heavy atom. The first-order valence-corrected chi connectivity index (χ1v) is 4.65. The van der Waals surface area contributed by atoms with Crippen molar-refractivity contribution in [1.29, 1.82) is 0 Å². The minimum absolute atomic E-state index is 0.566. The van der Waals surface area contributed by atoms with Crippen molar-refractivity contribution in [2.45, 2.75) is 40.2 Å². The zero-order chi connectivity index (χ0) is 9.14. The van der Waals surface area contributed by atoms with Crippen molar-refractivity contribution in [2.75, 3.05) is 0 Å². The normalized spacial score (nSPS) is 10.8. The molecule has 12 heavy (non-hydrogen) atoms. The Morgan fingerprint density at radius 1 is 1.33 bits per heavy atom. The molecule has 0 unspecified atom stereocenters. The predicted octanol–water partition coefficient (Wildman–Crippen LogP) is 2.43. The summed E-state index contributed by atoms with van der Waals surface area (Å²) in [4.78, 5) is 0. The Hall–Kier alpha value is -0.850. The third-order valence-corrected chi connectivity index (χ3v) is 2.22. The van der Waals surface area contributed by atoms with E-state index in [0.717, 1.165) is 6.42 Å². The zero-order valence-corrected chi connectivity index (χ0v) is 8.46. The second kappa shape index (κ2) is 3.70. The highest BCUT2D eigenvalue weighted by atomic mass is 15.0. The molecule has 1 rings (SSSR count). The largest absolute Gasteiger partial charge is 0.200 e. The summed E-state index contributed by atoms with van der Waals surface area (Å²) in [5.74, 6) is 0. The number of hydrogen-bond donors (Lipinski definition) is 0. The van der Waals surface area contributed by atoms with Gasteiger partial charge in [-0.3, -0.25) is 0 Å². The highest BCUT2D eigenvalue weighted by Gasteiger charge is 2.10. The average Bonchev–Trinajstić information content (AvgIpc) is 2.05. The third-order valence-electron chi connectivity index (χ3n) is 2.22.